The average Bonchev–Trinajstić information content (AvgIpc) is 2.82. The van der Waals surface area contributed by atoms with Gasteiger partial charge in [0.05, 0.1) is 5.02 Å². The minimum absolute atomic E-state index is 0.129. The zero-order valence-corrected chi connectivity index (χ0v) is 11.8. The van der Waals surface area contributed by atoms with E-state index in [2.05, 4.69) is 24.1 Å². The smallest absolute Gasteiger partial charge is 0.152 e. The second-order valence-corrected chi connectivity index (χ2v) is 5.42. The molecule has 0 saturated heterocycles. The van der Waals surface area contributed by atoms with E-state index >= 15 is 0 Å². The Hall–Kier alpha value is -0.970. The van der Waals surface area contributed by atoms with E-state index in [1.165, 1.54) is 17.4 Å². The van der Waals surface area contributed by atoms with E-state index in [1.807, 2.05) is 0 Å². The standard InChI is InChI=1S/C13H14ClFN2S/c1-3-16-8(2)11-7-17-13(18-11)9-5-4-6-10(14)12(9)15/h4-8,16H,3H2,1-2H3. The summed E-state index contributed by atoms with van der Waals surface area (Å²) >= 11 is 7.26. The number of nitrogens with one attached hydrogen (secondary N) is 1. The summed E-state index contributed by atoms with van der Waals surface area (Å²) in [5.41, 5.74) is 0.461. The van der Waals surface area contributed by atoms with E-state index in [0.717, 1.165) is 11.4 Å². The van der Waals surface area contributed by atoms with Crippen LogP contribution < -0.4 is 5.32 Å². The molecule has 0 spiro atoms. The summed E-state index contributed by atoms with van der Waals surface area (Å²) < 4.78 is 13.9. The molecule has 0 bridgehead atoms. The Bertz CT molecular complexity index is 542. The largest absolute Gasteiger partial charge is 0.310 e. The van der Waals surface area contributed by atoms with Gasteiger partial charge >= 0.3 is 0 Å². The molecule has 0 fully saturated rings. The van der Waals surface area contributed by atoms with Gasteiger partial charge < -0.3 is 5.32 Å². The lowest BCUT2D eigenvalue weighted by molar-refractivity contribution is 0.606. The molecule has 96 valence electrons. The zero-order chi connectivity index (χ0) is 13.1. The van der Waals surface area contributed by atoms with Gasteiger partial charge in [0.25, 0.3) is 0 Å². The van der Waals surface area contributed by atoms with Crippen LogP contribution in [-0.4, -0.2) is 11.5 Å². The highest BCUT2D eigenvalue weighted by Gasteiger charge is 2.14. The van der Waals surface area contributed by atoms with Gasteiger partial charge in [0.15, 0.2) is 5.82 Å². The Morgan fingerprint density at radius 2 is 2.28 bits per heavy atom. The molecule has 0 radical (unpaired) electrons. The second-order valence-electron chi connectivity index (χ2n) is 3.95. The van der Waals surface area contributed by atoms with Crippen LogP contribution in [0.4, 0.5) is 4.39 Å². The van der Waals surface area contributed by atoms with Crippen molar-refractivity contribution in [1.82, 2.24) is 10.3 Å². The highest BCUT2D eigenvalue weighted by atomic mass is 35.5. The number of rotatable bonds is 4. The minimum atomic E-state index is -0.406. The van der Waals surface area contributed by atoms with Crippen LogP contribution in [0.15, 0.2) is 24.4 Å². The molecule has 1 aromatic heterocycles. The minimum Gasteiger partial charge on any atom is -0.310 e. The van der Waals surface area contributed by atoms with Gasteiger partial charge in [0.1, 0.15) is 5.01 Å². The van der Waals surface area contributed by atoms with E-state index in [-0.39, 0.29) is 11.1 Å². The first kappa shape index (κ1) is 13.5. The molecule has 0 saturated carbocycles. The summed E-state index contributed by atoms with van der Waals surface area (Å²) in [6, 6.07) is 5.19. The number of hydrogen-bond acceptors (Lipinski definition) is 3. The van der Waals surface area contributed by atoms with E-state index in [1.54, 1.807) is 18.3 Å². The van der Waals surface area contributed by atoms with Gasteiger partial charge in [-0.25, -0.2) is 9.37 Å². The molecule has 1 atom stereocenters. The van der Waals surface area contributed by atoms with Crippen molar-refractivity contribution in [1.29, 1.82) is 0 Å². The molecule has 1 unspecified atom stereocenters. The van der Waals surface area contributed by atoms with Gasteiger partial charge in [-0.3, -0.25) is 0 Å². The van der Waals surface area contributed by atoms with E-state index in [0.29, 0.717) is 10.6 Å². The van der Waals surface area contributed by atoms with Gasteiger partial charge in [-0.05, 0) is 25.6 Å². The Kier molecular flexibility index (Phi) is 4.32. The molecule has 1 heterocycles. The maximum Gasteiger partial charge on any atom is 0.152 e. The van der Waals surface area contributed by atoms with Crippen molar-refractivity contribution in [3.8, 4) is 10.6 Å². The third-order valence-electron chi connectivity index (χ3n) is 2.64. The van der Waals surface area contributed by atoms with E-state index in [9.17, 15) is 4.39 Å². The quantitative estimate of drug-likeness (QED) is 0.907. The first-order chi connectivity index (χ1) is 8.63. The van der Waals surface area contributed by atoms with Gasteiger partial charge in [-0.15, -0.1) is 11.3 Å². The topological polar surface area (TPSA) is 24.9 Å². The van der Waals surface area contributed by atoms with Crippen LogP contribution in [0.5, 0.6) is 0 Å². The van der Waals surface area contributed by atoms with Crippen LogP contribution in [0.3, 0.4) is 0 Å². The Morgan fingerprint density at radius 3 is 3.00 bits per heavy atom. The molecule has 2 nitrogen and oxygen atoms in total. The lowest BCUT2D eigenvalue weighted by Gasteiger charge is -2.08. The van der Waals surface area contributed by atoms with Gasteiger partial charge in [0, 0.05) is 22.7 Å². The molecule has 18 heavy (non-hydrogen) atoms. The van der Waals surface area contributed by atoms with Crippen molar-refractivity contribution in [3.63, 3.8) is 0 Å². The number of halogens is 2. The fourth-order valence-corrected chi connectivity index (χ4v) is 2.82. The van der Waals surface area contributed by atoms with E-state index < -0.39 is 5.82 Å². The van der Waals surface area contributed by atoms with Crippen molar-refractivity contribution in [3.05, 3.63) is 40.1 Å². The molecule has 1 aromatic carbocycles. The third-order valence-corrected chi connectivity index (χ3v) is 4.15. The lowest BCUT2D eigenvalue weighted by Crippen LogP contribution is -2.16. The highest BCUT2D eigenvalue weighted by Crippen LogP contribution is 2.32. The molecule has 0 aliphatic carbocycles. The number of hydrogen-bond donors (Lipinski definition) is 1. The fourth-order valence-electron chi connectivity index (χ4n) is 1.69. The van der Waals surface area contributed by atoms with Gasteiger partial charge in [0.2, 0.25) is 0 Å². The molecular formula is C13H14ClFN2S. The first-order valence-electron chi connectivity index (χ1n) is 5.77. The van der Waals surface area contributed by atoms with Crippen LogP contribution in [0.25, 0.3) is 10.6 Å². The summed E-state index contributed by atoms with van der Waals surface area (Å²) in [7, 11) is 0. The molecule has 0 aliphatic rings. The summed E-state index contributed by atoms with van der Waals surface area (Å²) in [5.74, 6) is -0.406. The average molecular weight is 285 g/mol. The molecular weight excluding hydrogens is 271 g/mol. The number of thiazole rings is 1. The molecule has 0 aliphatic heterocycles. The van der Waals surface area contributed by atoms with Gasteiger partial charge in [-0.2, -0.15) is 0 Å². The van der Waals surface area contributed by atoms with Crippen molar-refractivity contribution in [2.45, 2.75) is 19.9 Å². The molecule has 0 amide bonds. The highest BCUT2D eigenvalue weighted by molar-refractivity contribution is 7.15. The van der Waals surface area contributed by atoms with Crippen molar-refractivity contribution in [2.75, 3.05) is 6.54 Å². The Labute approximate surface area is 115 Å². The molecule has 2 rings (SSSR count). The normalized spacial score (nSPS) is 12.7. The number of aromatic nitrogens is 1. The van der Waals surface area contributed by atoms with Crippen LogP contribution in [-0.2, 0) is 0 Å². The predicted molar refractivity (Wildman–Crippen MR) is 74.6 cm³/mol. The summed E-state index contributed by atoms with van der Waals surface area (Å²) in [4.78, 5) is 5.36. The van der Waals surface area contributed by atoms with E-state index in [4.69, 9.17) is 11.6 Å². The lowest BCUT2D eigenvalue weighted by atomic mass is 10.2. The van der Waals surface area contributed by atoms with Crippen LogP contribution in [0, 0.1) is 5.82 Å². The van der Waals surface area contributed by atoms with Crippen molar-refractivity contribution in [2.24, 2.45) is 0 Å². The maximum atomic E-state index is 13.9. The van der Waals surface area contributed by atoms with Crippen molar-refractivity contribution >= 4 is 22.9 Å². The summed E-state index contributed by atoms with van der Waals surface area (Å²) in [6.07, 6.45) is 1.79. The monoisotopic (exact) mass is 284 g/mol. The maximum absolute atomic E-state index is 13.9. The molecule has 1 N–H and O–H groups in total. The molecule has 2 aromatic rings. The SMILES string of the molecule is CCNC(C)c1cnc(-c2cccc(Cl)c2F)s1. The number of benzene rings is 1. The Balaban J connectivity index is 2.32. The van der Waals surface area contributed by atoms with Crippen molar-refractivity contribution < 1.29 is 4.39 Å². The van der Waals surface area contributed by atoms with Crippen LogP contribution in [0.2, 0.25) is 5.02 Å². The second kappa shape index (κ2) is 5.78. The predicted octanol–water partition coefficient (Wildman–Crippen LogP) is 4.27. The number of nitrogens with zero attached hydrogens (tertiary/aromatic N) is 1. The molecule has 5 heteroatoms. The van der Waals surface area contributed by atoms with Gasteiger partial charge in [-0.1, -0.05) is 24.6 Å². The van der Waals surface area contributed by atoms with Crippen LogP contribution >= 0.6 is 22.9 Å². The third kappa shape index (κ3) is 2.71. The first-order valence-corrected chi connectivity index (χ1v) is 6.96. The zero-order valence-electron chi connectivity index (χ0n) is 10.2. The Morgan fingerprint density at radius 1 is 1.50 bits per heavy atom. The van der Waals surface area contributed by atoms with Crippen LogP contribution in [0.1, 0.15) is 24.8 Å². The summed E-state index contributed by atoms with van der Waals surface area (Å²) in [5, 5.41) is 4.09. The fraction of sp³-hybridized carbons (Fsp3) is 0.308. The summed E-state index contributed by atoms with van der Waals surface area (Å²) in [6.45, 7) is 5.00.